The Morgan fingerprint density at radius 3 is 2.81 bits per heavy atom. The van der Waals surface area contributed by atoms with Crippen LogP contribution in [0.2, 0.25) is 5.02 Å². The van der Waals surface area contributed by atoms with Crippen LogP contribution in [0.3, 0.4) is 0 Å². The molecule has 3 heterocycles. The number of piperidine rings is 2. The lowest BCUT2D eigenvalue weighted by Gasteiger charge is -2.44. The minimum absolute atomic E-state index is 0.00540. The summed E-state index contributed by atoms with van der Waals surface area (Å²) in [5, 5.41) is 3.70. The first-order chi connectivity index (χ1) is 13.1. The van der Waals surface area contributed by atoms with Gasteiger partial charge >= 0.3 is 0 Å². The van der Waals surface area contributed by atoms with Crippen molar-refractivity contribution in [2.75, 3.05) is 31.1 Å². The van der Waals surface area contributed by atoms with Crippen molar-refractivity contribution < 1.29 is 9.59 Å². The highest BCUT2D eigenvalue weighted by Gasteiger charge is 2.37. The monoisotopic (exact) mass is 389 g/mol. The smallest absolute Gasteiger partial charge is 0.227 e. The first-order valence-corrected chi connectivity index (χ1v) is 10.6. The topological polar surface area (TPSA) is 52.7 Å². The molecule has 0 bridgehead atoms. The van der Waals surface area contributed by atoms with Crippen LogP contribution < -0.4 is 10.2 Å². The average molecular weight is 390 g/mol. The fraction of sp³-hybridized carbons (Fsp3) is 0.619. The van der Waals surface area contributed by atoms with E-state index in [1.165, 1.54) is 45.2 Å². The molecule has 0 saturated carbocycles. The Kier molecular flexibility index (Phi) is 5.69. The third kappa shape index (κ3) is 3.99. The van der Waals surface area contributed by atoms with E-state index in [1.807, 2.05) is 18.2 Å². The van der Waals surface area contributed by atoms with Crippen molar-refractivity contribution in [1.82, 2.24) is 10.2 Å². The molecule has 0 spiro atoms. The van der Waals surface area contributed by atoms with Crippen LogP contribution in [0.1, 0.15) is 38.5 Å². The summed E-state index contributed by atoms with van der Waals surface area (Å²) in [6, 6.07) is 7.94. The molecule has 0 radical (unpaired) electrons. The molecular formula is C21H28ClN3O2. The Balaban J connectivity index is 1.34. The van der Waals surface area contributed by atoms with Crippen molar-refractivity contribution in [2.45, 2.75) is 44.6 Å². The van der Waals surface area contributed by atoms with Gasteiger partial charge in [0.25, 0.3) is 0 Å². The molecule has 0 aromatic heterocycles. The van der Waals surface area contributed by atoms with E-state index in [-0.39, 0.29) is 24.2 Å². The number of benzene rings is 1. The van der Waals surface area contributed by atoms with Gasteiger partial charge in [-0.2, -0.15) is 0 Å². The largest absolute Gasteiger partial charge is 0.355 e. The number of halogens is 1. The molecule has 3 aliphatic rings. The van der Waals surface area contributed by atoms with Crippen molar-refractivity contribution in [3.8, 4) is 0 Å². The van der Waals surface area contributed by atoms with Crippen LogP contribution in [-0.2, 0) is 9.59 Å². The summed E-state index contributed by atoms with van der Waals surface area (Å²) in [5.74, 6) is 0.227. The molecular weight excluding hydrogens is 362 g/mol. The van der Waals surface area contributed by atoms with E-state index in [0.717, 1.165) is 6.54 Å². The molecule has 3 fully saturated rings. The second kappa shape index (κ2) is 8.19. The number of fused-ring (bicyclic) bond motifs is 1. The molecule has 3 saturated heterocycles. The summed E-state index contributed by atoms with van der Waals surface area (Å²) in [6.07, 6.45) is 6.53. The van der Waals surface area contributed by atoms with E-state index in [9.17, 15) is 9.59 Å². The average Bonchev–Trinajstić information content (AvgIpc) is 3.08. The molecule has 3 aliphatic heterocycles. The summed E-state index contributed by atoms with van der Waals surface area (Å²) >= 11 is 6.23. The fourth-order valence-electron chi connectivity index (χ4n) is 4.98. The third-order valence-electron chi connectivity index (χ3n) is 6.41. The zero-order chi connectivity index (χ0) is 18.8. The van der Waals surface area contributed by atoms with Gasteiger partial charge in [0.05, 0.1) is 16.6 Å². The first-order valence-electron chi connectivity index (χ1n) is 10.2. The van der Waals surface area contributed by atoms with Crippen molar-refractivity contribution in [2.24, 2.45) is 11.8 Å². The molecule has 4 rings (SSSR count). The SMILES string of the molecule is O=C(NC[C@H]1CCCN2CCCC[C@H]12)[C@H]1CC(=O)N(c2ccccc2Cl)C1. The molecule has 2 amide bonds. The van der Waals surface area contributed by atoms with Crippen molar-refractivity contribution >= 4 is 29.1 Å². The van der Waals surface area contributed by atoms with Gasteiger partial charge in [0.15, 0.2) is 0 Å². The Morgan fingerprint density at radius 2 is 1.96 bits per heavy atom. The van der Waals surface area contributed by atoms with E-state index < -0.39 is 0 Å². The minimum Gasteiger partial charge on any atom is -0.355 e. The van der Waals surface area contributed by atoms with Crippen LogP contribution in [0.5, 0.6) is 0 Å². The molecule has 1 aromatic rings. The molecule has 1 N–H and O–H groups in total. The van der Waals surface area contributed by atoms with Crippen molar-refractivity contribution in [1.29, 1.82) is 0 Å². The highest BCUT2D eigenvalue weighted by Crippen LogP contribution is 2.32. The molecule has 5 nitrogen and oxygen atoms in total. The number of carbonyl (C=O) groups excluding carboxylic acids is 2. The van der Waals surface area contributed by atoms with E-state index in [4.69, 9.17) is 11.6 Å². The van der Waals surface area contributed by atoms with Gasteiger partial charge in [0.1, 0.15) is 0 Å². The van der Waals surface area contributed by atoms with Crippen LogP contribution in [0.25, 0.3) is 0 Å². The Labute approximate surface area is 166 Å². The van der Waals surface area contributed by atoms with E-state index in [0.29, 0.717) is 29.2 Å². The van der Waals surface area contributed by atoms with Gasteiger partial charge in [0.2, 0.25) is 11.8 Å². The molecule has 0 unspecified atom stereocenters. The maximum absolute atomic E-state index is 12.7. The highest BCUT2D eigenvalue weighted by atomic mass is 35.5. The number of nitrogens with zero attached hydrogens (tertiary/aromatic N) is 2. The van der Waals surface area contributed by atoms with E-state index in [2.05, 4.69) is 10.2 Å². The third-order valence-corrected chi connectivity index (χ3v) is 6.73. The molecule has 6 heteroatoms. The number of hydrogen-bond acceptors (Lipinski definition) is 3. The Morgan fingerprint density at radius 1 is 1.15 bits per heavy atom. The number of rotatable bonds is 4. The lowest BCUT2D eigenvalue weighted by Crippen LogP contribution is -2.51. The summed E-state index contributed by atoms with van der Waals surface area (Å²) in [5.41, 5.74) is 0.699. The molecule has 0 aliphatic carbocycles. The fourth-order valence-corrected chi connectivity index (χ4v) is 5.22. The van der Waals surface area contributed by atoms with Gasteiger partial charge in [-0.05, 0) is 56.8 Å². The van der Waals surface area contributed by atoms with Gasteiger partial charge < -0.3 is 15.1 Å². The number of anilines is 1. The van der Waals surface area contributed by atoms with Gasteiger partial charge in [-0.1, -0.05) is 30.2 Å². The number of nitrogens with one attached hydrogen (secondary N) is 1. The lowest BCUT2D eigenvalue weighted by molar-refractivity contribution is -0.126. The summed E-state index contributed by atoms with van der Waals surface area (Å²) < 4.78 is 0. The van der Waals surface area contributed by atoms with Crippen molar-refractivity contribution in [3.05, 3.63) is 29.3 Å². The van der Waals surface area contributed by atoms with Gasteiger partial charge in [-0.15, -0.1) is 0 Å². The van der Waals surface area contributed by atoms with E-state index >= 15 is 0 Å². The second-order valence-electron chi connectivity index (χ2n) is 8.10. The van der Waals surface area contributed by atoms with Crippen LogP contribution >= 0.6 is 11.6 Å². The molecule has 1 aromatic carbocycles. The quantitative estimate of drug-likeness (QED) is 0.861. The second-order valence-corrected chi connectivity index (χ2v) is 8.51. The zero-order valence-corrected chi connectivity index (χ0v) is 16.5. The molecule has 3 atom stereocenters. The Hall–Kier alpha value is -1.59. The highest BCUT2D eigenvalue weighted by molar-refractivity contribution is 6.33. The van der Waals surface area contributed by atoms with Gasteiger partial charge in [-0.25, -0.2) is 0 Å². The normalized spacial score (nSPS) is 28.9. The summed E-state index contributed by atoms with van der Waals surface area (Å²) in [4.78, 5) is 29.4. The number of carbonyl (C=O) groups is 2. The van der Waals surface area contributed by atoms with Gasteiger partial charge in [-0.3, -0.25) is 9.59 Å². The van der Waals surface area contributed by atoms with Gasteiger partial charge in [0, 0.05) is 25.6 Å². The summed E-state index contributed by atoms with van der Waals surface area (Å²) in [6.45, 7) is 3.56. The predicted molar refractivity (Wildman–Crippen MR) is 107 cm³/mol. The Bertz CT molecular complexity index is 708. The maximum atomic E-state index is 12.7. The van der Waals surface area contributed by atoms with Crippen LogP contribution in [0.4, 0.5) is 5.69 Å². The van der Waals surface area contributed by atoms with Crippen LogP contribution in [0.15, 0.2) is 24.3 Å². The predicted octanol–water partition coefficient (Wildman–Crippen LogP) is 3.07. The minimum atomic E-state index is -0.292. The summed E-state index contributed by atoms with van der Waals surface area (Å²) in [7, 11) is 0. The number of hydrogen-bond donors (Lipinski definition) is 1. The lowest BCUT2D eigenvalue weighted by atomic mass is 9.83. The molecule has 146 valence electrons. The molecule has 27 heavy (non-hydrogen) atoms. The van der Waals surface area contributed by atoms with Crippen LogP contribution in [-0.4, -0.2) is 48.9 Å². The van der Waals surface area contributed by atoms with E-state index in [1.54, 1.807) is 11.0 Å². The first kappa shape index (κ1) is 18.8. The number of amides is 2. The maximum Gasteiger partial charge on any atom is 0.227 e. The van der Waals surface area contributed by atoms with Crippen molar-refractivity contribution in [3.63, 3.8) is 0 Å². The standard InChI is InChI=1S/C21H28ClN3O2/c22-17-7-1-2-9-19(17)25-14-16(12-20(25)26)21(27)23-13-15-6-5-11-24-10-4-3-8-18(15)24/h1-2,7,9,15-16,18H,3-6,8,10-14H2,(H,23,27)/t15-,16+,18-/m1/s1. The van der Waals surface area contributed by atoms with Crippen LogP contribution in [0, 0.1) is 11.8 Å². The zero-order valence-electron chi connectivity index (χ0n) is 15.7. The number of para-hydroxylation sites is 1.